The summed E-state index contributed by atoms with van der Waals surface area (Å²) in [5, 5.41) is 1.81. The molecule has 0 saturated carbocycles. The molecule has 3 nitrogen and oxygen atoms in total. The third-order valence-electron chi connectivity index (χ3n) is 2.45. The fourth-order valence-corrected chi connectivity index (χ4v) is 2.53. The lowest BCUT2D eigenvalue weighted by molar-refractivity contribution is -0.136. The zero-order valence-electron chi connectivity index (χ0n) is 10.4. The first-order valence-corrected chi connectivity index (χ1v) is 7.50. The minimum atomic E-state index is -0.536. The second-order valence-corrected chi connectivity index (χ2v) is 5.67. The highest BCUT2D eigenvalue weighted by molar-refractivity contribution is 9.10. The molecule has 5 heteroatoms. The summed E-state index contributed by atoms with van der Waals surface area (Å²) in [6.45, 7) is -0.236. The second-order valence-electron chi connectivity index (χ2n) is 3.86. The maximum absolute atomic E-state index is 11.6. The van der Waals surface area contributed by atoms with Gasteiger partial charge in [-0.25, -0.2) is 4.79 Å². The van der Waals surface area contributed by atoms with E-state index in [0.29, 0.717) is 4.88 Å². The summed E-state index contributed by atoms with van der Waals surface area (Å²) in [5.74, 6) is -0.728. The minimum Gasteiger partial charge on any atom is -0.454 e. The molecule has 0 spiro atoms. The van der Waals surface area contributed by atoms with E-state index in [1.807, 2.05) is 29.6 Å². The molecular weight excluding hydrogens is 340 g/mol. The average Bonchev–Trinajstić information content (AvgIpc) is 2.98. The summed E-state index contributed by atoms with van der Waals surface area (Å²) >= 11 is 4.71. The van der Waals surface area contributed by atoms with E-state index in [2.05, 4.69) is 15.9 Å². The van der Waals surface area contributed by atoms with E-state index < -0.39 is 5.97 Å². The molecule has 0 saturated heterocycles. The molecule has 20 heavy (non-hydrogen) atoms. The van der Waals surface area contributed by atoms with E-state index in [1.54, 1.807) is 18.2 Å². The number of esters is 1. The number of hydrogen-bond donors (Lipinski definition) is 0. The topological polar surface area (TPSA) is 43.4 Å². The molecule has 0 amide bonds. The number of carbonyl (C=O) groups is 2. The van der Waals surface area contributed by atoms with Crippen LogP contribution in [-0.2, 0) is 9.53 Å². The summed E-state index contributed by atoms with van der Waals surface area (Å²) in [5.41, 5.74) is 0.869. The van der Waals surface area contributed by atoms with Crippen molar-refractivity contribution in [3.8, 4) is 0 Å². The Kier molecular flexibility index (Phi) is 5.26. The molecule has 2 aromatic rings. The molecule has 0 fully saturated rings. The van der Waals surface area contributed by atoms with Gasteiger partial charge in [0, 0.05) is 10.5 Å². The van der Waals surface area contributed by atoms with Gasteiger partial charge in [-0.1, -0.05) is 40.2 Å². The molecule has 0 bridgehead atoms. The van der Waals surface area contributed by atoms with Crippen LogP contribution >= 0.6 is 27.3 Å². The van der Waals surface area contributed by atoms with Crippen molar-refractivity contribution in [3.63, 3.8) is 0 Å². The van der Waals surface area contributed by atoms with Gasteiger partial charge in [0.05, 0.1) is 4.88 Å². The van der Waals surface area contributed by atoms with E-state index in [4.69, 9.17) is 4.74 Å². The lowest BCUT2D eigenvalue weighted by atomic mass is 10.2. The molecule has 1 aromatic carbocycles. The molecule has 0 aliphatic carbocycles. The molecule has 1 aromatic heterocycles. The zero-order valence-corrected chi connectivity index (χ0v) is 12.8. The van der Waals surface area contributed by atoms with E-state index in [9.17, 15) is 9.59 Å². The van der Waals surface area contributed by atoms with E-state index in [1.165, 1.54) is 17.4 Å². The highest BCUT2D eigenvalue weighted by atomic mass is 79.9. The summed E-state index contributed by atoms with van der Waals surface area (Å²) < 4.78 is 5.79. The van der Waals surface area contributed by atoms with Gasteiger partial charge in [-0.3, -0.25) is 4.79 Å². The van der Waals surface area contributed by atoms with Crippen LogP contribution in [0.3, 0.4) is 0 Å². The van der Waals surface area contributed by atoms with Gasteiger partial charge in [0.25, 0.3) is 0 Å². The highest BCUT2D eigenvalue weighted by Gasteiger charge is 2.08. The first-order valence-electron chi connectivity index (χ1n) is 5.83. The van der Waals surface area contributed by atoms with Crippen LogP contribution in [0.5, 0.6) is 0 Å². The average molecular weight is 351 g/mol. The van der Waals surface area contributed by atoms with Gasteiger partial charge in [-0.15, -0.1) is 11.3 Å². The van der Waals surface area contributed by atoms with Crippen molar-refractivity contribution >= 4 is 45.1 Å². The summed E-state index contributed by atoms with van der Waals surface area (Å²) in [4.78, 5) is 23.8. The standard InChI is InChI=1S/C15H11BrO3S/c16-12-5-2-1-4-11(12)7-8-15(18)19-10-13(17)14-6-3-9-20-14/h1-9H,10H2/b8-7+. The summed E-state index contributed by atoms with van der Waals surface area (Å²) in [6.07, 6.45) is 2.95. The second kappa shape index (κ2) is 7.17. The predicted octanol–water partition coefficient (Wildman–Crippen LogP) is 3.95. The maximum Gasteiger partial charge on any atom is 0.331 e. The van der Waals surface area contributed by atoms with Crippen LogP contribution in [-0.4, -0.2) is 18.4 Å². The van der Waals surface area contributed by atoms with E-state index in [-0.39, 0.29) is 12.4 Å². The molecule has 0 radical (unpaired) electrons. The van der Waals surface area contributed by atoms with E-state index >= 15 is 0 Å². The molecular formula is C15H11BrO3S. The van der Waals surface area contributed by atoms with Crippen LogP contribution in [0.1, 0.15) is 15.2 Å². The zero-order chi connectivity index (χ0) is 14.4. The molecule has 0 unspecified atom stereocenters. The van der Waals surface area contributed by atoms with Gasteiger partial charge < -0.3 is 4.74 Å². The fourth-order valence-electron chi connectivity index (χ4n) is 1.46. The minimum absolute atomic E-state index is 0.192. The van der Waals surface area contributed by atoms with Crippen molar-refractivity contribution in [2.75, 3.05) is 6.61 Å². The van der Waals surface area contributed by atoms with Gasteiger partial charge in [0.1, 0.15) is 0 Å². The van der Waals surface area contributed by atoms with Crippen LogP contribution < -0.4 is 0 Å². The van der Waals surface area contributed by atoms with Gasteiger partial charge in [-0.2, -0.15) is 0 Å². The van der Waals surface area contributed by atoms with Crippen LogP contribution in [0, 0.1) is 0 Å². The van der Waals surface area contributed by atoms with E-state index in [0.717, 1.165) is 10.0 Å². The normalized spacial score (nSPS) is 10.7. The largest absolute Gasteiger partial charge is 0.454 e. The summed E-state index contributed by atoms with van der Waals surface area (Å²) in [7, 11) is 0. The smallest absolute Gasteiger partial charge is 0.331 e. The Bertz CT molecular complexity index is 632. The third kappa shape index (κ3) is 4.15. The number of benzene rings is 1. The van der Waals surface area contributed by atoms with Crippen molar-refractivity contribution in [2.45, 2.75) is 0 Å². The lowest BCUT2D eigenvalue weighted by Gasteiger charge is -2.00. The highest BCUT2D eigenvalue weighted by Crippen LogP contribution is 2.17. The monoisotopic (exact) mass is 350 g/mol. The molecule has 0 atom stereocenters. The quantitative estimate of drug-likeness (QED) is 0.465. The Hall–Kier alpha value is -1.72. The molecule has 102 valence electrons. The Morgan fingerprint density at radius 2 is 2.00 bits per heavy atom. The predicted molar refractivity (Wildman–Crippen MR) is 82.8 cm³/mol. The van der Waals surface area contributed by atoms with Crippen molar-refractivity contribution in [3.05, 3.63) is 62.8 Å². The molecule has 0 aliphatic rings. The maximum atomic E-state index is 11.6. The number of ketones is 1. The molecule has 0 N–H and O–H groups in total. The molecule has 2 rings (SSSR count). The number of carbonyl (C=O) groups excluding carboxylic acids is 2. The van der Waals surface area contributed by atoms with Gasteiger partial charge in [-0.05, 0) is 29.2 Å². The van der Waals surface area contributed by atoms with Crippen LogP contribution in [0.15, 0.2) is 52.3 Å². The Labute approximate surface area is 129 Å². The van der Waals surface area contributed by atoms with Crippen LogP contribution in [0.25, 0.3) is 6.08 Å². The Morgan fingerprint density at radius 3 is 2.70 bits per heavy atom. The number of hydrogen-bond acceptors (Lipinski definition) is 4. The third-order valence-corrected chi connectivity index (χ3v) is 4.08. The van der Waals surface area contributed by atoms with Gasteiger partial charge in [0.2, 0.25) is 5.78 Å². The number of thiophene rings is 1. The number of rotatable bonds is 5. The van der Waals surface area contributed by atoms with Crippen LogP contribution in [0.4, 0.5) is 0 Å². The van der Waals surface area contributed by atoms with Crippen LogP contribution in [0.2, 0.25) is 0 Å². The first-order chi connectivity index (χ1) is 9.66. The Balaban J connectivity index is 1.87. The molecule has 1 heterocycles. The van der Waals surface area contributed by atoms with Crippen molar-refractivity contribution in [1.29, 1.82) is 0 Å². The fraction of sp³-hybridized carbons (Fsp3) is 0.0667. The van der Waals surface area contributed by atoms with Crippen molar-refractivity contribution < 1.29 is 14.3 Å². The molecule has 0 aliphatic heterocycles. The van der Waals surface area contributed by atoms with Gasteiger partial charge >= 0.3 is 5.97 Å². The number of Topliss-reactive ketones (excluding diaryl/α,β-unsaturated/α-hetero) is 1. The first kappa shape index (κ1) is 14.7. The van der Waals surface area contributed by atoms with Crippen molar-refractivity contribution in [2.24, 2.45) is 0 Å². The number of ether oxygens (including phenoxy) is 1. The SMILES string of the molecule is O=C(/C=C/c1ccccc1Br)OCC(=O)c1cccs1. The van der Waals surface area contributed by atoms with Gasteiger partial charge in [0.15, 0.2) is 6.61 Å². The van der Waals surface area contributed by atoms with Crippen molar-refractivity contribution in [1.82, 2.24) is 0 Å². The summed E-state index contributed by atoms with van der Waals surface area (Å²) in [6, 6.07) is 11.0. The lowest BCUT2D eigenvalue weighted by Crippen LogP contribution is -2.11. The number of halogens is 1. The Morgan fingerprint density at radius 1 is 1.20 bits per heavy atom.